The van der Waals surface area contributed by atoms with Gasteiger partial charge in [0, 0.05) is 11.3 Å². The maximum absolute atomic E-state index is 10.2. The summed E-state index contributed by atoms with van der Waals surface area (Å²) in [5.74, 6) is 0. The Hall–Kier alpha value is -1.31. The highest BCUT2D eigenvalue weighted by molar-refractivity contribution is 5.77. The summed E-state index contributed by atoms with van der Waals surface area (Å²) in [6.07, 6.45) is 8.71. The zero-order valence-corrected chi connectivity index (χ0v) is 5.58. The molecule has 10 heavy (non-hydrogen) atoms. The minimum Gasteiger partial charge on any atom is -0.399 e. The second-order valence-corrected chi connectivity index (χ2v) is 2.10. The van der Waals surface area contributed by atoms with Crippen LogP contribution < -0.4 is 5.73 Å². The molecule has 0 fully saturated rings. The molecule has 52 valence electrons. The number of carbonyl (C=O) groups excluding carboxylic acids is 1. The molecule has 0 saturated carbocycles. The van der Waals surface area contributed by atoms with E-state index in [2.05, 4.69) is 0 Å². The predicted octanol–water partition coefficient (Wildman–Crippen LogP) is 0.914. The van der Waals surface area contributed by atoms with Crippen molar-refractivity contribution < 1.29 is 4.79 Å². The van der Waals surface area contributed by atoms with Crippen molar-refractivity contribution in [1.82, 2.24) is 0 Å². The van der Waals surface area contributed by atoms with Crippen LogP contribution in [0, 0.1) is 0 Å². The van der Waals surface area contributed by atoms with E-state index in [1.807, 2.05) is 12.2 Å². The third kappa shape index (κ3) is 1.58. The molecule has 1 aliphatic rings. The summed E-state index contributed by atoms with van der Waals surface area (Å²) in [5.41, 5.74) is 6.88. The Labute approximate surface area is 59.7 Å². The molecule has 0 aromatic heterocycles. The molecule has 0 amide bonds. The normalized spacial score (nSPS) is 17.2. The molecule has 0 radical (unpaired) electrons. The van der Waals surface area contributed by atoms with Gasteiger partial charge in [-0.1, -0.05) is 12.2 Å². The molecule has 2 heteroatoms. The lowest BCUT2D eigenvalue weighted by molar-refractivity contribution is -0.104. The van der Waals surface area contributed by atoms with Gasteiger partial charge in [-0.05, 0) is 18.6 Å². The third-order valence-corrected chi connectivity index (χ3v) is 1.31. The molecule has 2 nitrogen and oxygen atoms in total. The molecule has 1 aliphatic carbocycles. The van der Waals surface area contributed by atoms with Crippen LogP contribution in [0.4, 0.5) is 0 Å². The summed E-state index contributed by atoms with van der Waals surface area (Å²) in [4.78, 5) is 10.2. The van der Waals surface area contributed by atoms with E-state index < -0.39 is 0 Å². The quantitative estimate of drug-likeness (QED) is 0.543. The third-order valence-electron chi connectivity index (χ3n) is 1.31. The first-order valence-corrected chi connectivity index (χ1v) is 3.12. The number of carbonyl (C=O) groups is 1. The molecule has 1 rings (SSSR count). The first-order chi connectivity index (χ1) is 4.83. The van der Waals surface area contributed by atoms with E-state index in [4.69, 9.17) is 5.73 Å². The lowest BCUT2D eigenvalue weighted by atomic mass is 10.2. The SMILES string of the molecule is NC1=CCC=C(C=O)C=C1. The van der Waals surface area contributed by atoms with Crippen LogP contribution in [0.1, 0.15) is 6.42 Å². The van der Waals surface area contributed by atoms with Crippen LogP contribution in [-0.2, 0) is 4.79 Å². The Morgan fingerprint density at radius 1 is 1.40 bits per heavy atom. The monoisotopic (exact) mass is 135 g/mol. The Morgan fingerprint density at radius 2 is 2.20 bits per heavy atom. The highest BCUT2D eigenvalue weighted by atomic mass is 16.1. The van der Waals surface area contributed by atoms with E-state index in [1.54, 1.807) is 12.2 Å². The van der Waals surface area contributed by atoms with E-state index >= 15 is 0 Å². The van der Waals surface area contributed by atoms with Gasteiger partial charge in [0.2, 0.25) is 0 Å². The van der Waals surface area contributed by atoms with Crippen molar-refractivity contribution in [3.63, 3.8) is 0 Å². The fourth-order valence-corrected chi connectivity index (χ4v) is 0.747. The Balaban J connectivity index is 2.78. The van der Waals surface area contributed by atoms with Gasteiger partial charge >= 0.3 is 0 Å². The second-order valence-electron chi connectivity index (χ2n) is 2.10. The van der Waals surface area contributed by atoms with E-state index in [1.165, 1.54) is 0 Å². The van der Waals surface area contributed by atoms with Crippen molar-refractivity contribution in [2.24, 2.45) is 5.73 Å². The van der Waals surface area contributed by atoms with Crippen molar-refractivity contribution in [2.45, 2.75) is 6.42 Å². The molecule has 0 aliphatic heterocycles. The van der Waals surface area contributed by atoms with Gasteiger partial charge in [-0.3, -0.25) is 4.79 Å². The summed E-state index contributed by atoms with van der Waals surface area (Å²) >= 11 is 0. The summed E-state index contributed by atoms with van der Waals surface area (Å²) in [5, 5.41) is 0. The van der Waals surface area contributed by atoms with E-state index in [-0.39, 0.29) is 0 Å². The van der Waals surface area contributed by atoms with Crippen molar-refractivity contribution in [2.75, 3.05) is 0 Å². The molecular weight excluding hydrogens is 126 g/mol. The largest absolute Gasteiger partial charge is 0.399 e. The molecular formula is C8H9NO. The molecule has 2 N–H and O–H groups in total. The Bertz CT molecular complexity index is 223. The van der Waals surface area contributed by atoms with E-state index in [0.717, 1.165) is 12.7 Å². The smallest absolute Gasteiger partial charge is 0.149 e. The van der Waals surface area contributed by atoms with Gasteiger partial charge < -0.3 is 5.73 Å². The maximum Gasteiger partial charge on any atom is 0.149 e. The van der Waals surface area contributed by atoms with Gasteiger partial charge in [0.15, 0.2) is 0 Å². The number of allylic oxidation sites excluding steroid dienone is 5. The molecule has 0 unspecified atom stereocenters. The first kappa shape index (κ1) is 6.81. The molecule has 0 aromatic carbocycles. The van der Waals surface area contributed by atoms with Crippen LogP contribution in [0.15, 0.2) is 35.6 Å². The number of hydrogen-bond donors (Lipinski definition) is 1. The second kappa shape index (κ2) is 3.01. The van der Waals surface area contributed by atoms with Gasteiger partial charge in [0.05, 0.1) is 0 Å². The van der Waals surface area contributed by atoms with Crippen LogP contribution in [-0.4, -0.2) is 6.29 Å². The van der Waals surface area contributed by atoms with Gasteiger partial charge in [-0.25, -0.2) is 0 Å². The fraction of sp³-hybridized carbons (Fsp3) is 0.125. The van der Waals surface area contributed by atoms with Crippen molar-refractivity contribution in [3.05, 3.63) is 35.6 Å². The number of nitrogens with two attached hydrogens (primary N) is 1. The minimum atomic E-state index is 0.691. The average molecular weight is 135 g/mol. The van der Waals surface area contributed by atoms with E-state index in [0.29, 0.717) is 11.3 Å². The van der Waals surface area contributed by atoms with Gasteiger partial charge in [-0.2, -0.15) is 0 Å². The van der Waals surface area contributed by atoms with Crippen LogP contribution in [0.2, 0.25) is 0 Å². The van der Waals surface area contributed by atoms with Crippen molar-refractivity contribution >= 4 is 6.29 Å². The summed E-state index contributed by atoms with van der Waals surface area (Å²) in [6.45, 7) is 0. The lowest BCUT2D eigenvalue weighted by Gasteiger charge is -1.84. The number of rotatable bonds is 1. The number of hydrogen-bond acceptors (Lipinski definition) is 2. The van der Waals surface area contributed by atoms with Gasteiger partial charge in [-0.15, -0.1) is 0 Å². The van der Waals surface area contributed by atoms with E-state index in [9.17, 15) is 4.79 Å². The minimum absolute atomic E-state index is 0.691. The standard InChI is InChI=1S/C8H9NO/c9-8-3-1-2-7(6-10)4-5-8/h2-6H,1,9H2. The number of aldehydes is 1. The lowest BCUT2D eigenvalue weighted by Crippen LogP contribution is -1.90. The zero-order chi connectivity index (χ0) is 7.40. The van der Waals surface area contributed by atoms with Crippen molar-refractivity contribution in [1.29, 1.82) is 0 Å². The summed E-state index contributed by atoms with van der Waals surface area (Å²) in [7, 11) is 0. The zero-order valence-electron chi connectivity index (χ0n) is 5.58. The highest BCUT2D eigenvalue weighted by Gasteiger charge is 1.92. The van der Waals surface area contributed by atoms with Crippen LogP contribution in [0.3, 0.4) is 0 Å². The first-order valence-electron chi connectivity index (χ1n) is 3.12. The Kier molecular flexibility index (Phi) is 2.05. The van der Waals surface area contributed by atoms with Gasteiger partial charge in [0.25, 0.3) is 0 Å². The van der Waals surface area contributed by atoms with Crippen molar-refractivity contribution in [3.8, 4) is 0 Å². The highest BCUT2D eigenvalue weighted by Crippen LogP contribution is 2.04. The molecule has 0 heterocycles. The van der Waals surface area contributed by atoms with Crippen LogP contribution >= 0.6 is 0 Å². The average Bonchev–Trinajstić information content (AvgIpc) is 2.14. The molecule has 0 aromatic rings. The molecule has 0 atom stereocenters. The summed E-state index contributed by atoms with van der Waals surface area (Å²) in [6, 6.07) is 0. The summed E-state index contributed by atoms with van der Waals surface area (Å²) < 4.78 is 0. The molecule has 0 bridgehead atoms. The Morgan fingerprint density at radius 3 is 2.90 bits per heavy atom. The predicted molar refractivity (Wildman–Crippen MR) is 40.2 cm³/mol. The molecule has 0 saturated heterocycles. The fourth-order valence-electron chi connectivity index (χ4n) is 0.747. The molecule has 0 spiro atoms. The van der Waals surface area contributed by atoms with Crippen LogP contribution in [0.5, 0.6) is 0 Å². The van der Waals surface area contributed by atoms with Gasteiger partial charge in [0.1, 0.15) is 6.29 Å². The topological polar surface area (TPSA) is 43.1 Å². The maximum atomic E-state index is 10.2. The van der Waals surface area contributed by atoms with Crippen LogP contribution in [0.25, 0.3) is 0 Å².